The van der Waals surface area contributed by atoms with Gasteiger partial charge in [-0.2, -0.15) is 0 Å². The zero-order valence-electron chi connectivity index (χ0n) is 14.2. The maximum atomic E-state index is 12.0. The SMILES string of the molecule is CN(C)c1ccc(NC(=O)CSc2nc(C(C)(C)C)cs2)cc1. The molecule has 2 aromatic rings. The van der Waals surface area contributed by atoms with E-state index in [1.807, 2.05) is 43.3 Å². The van der Waals surface area contributed by atoms with Gasteiger partial charge in [-0.3, -0.25) is 4.79 Å². The molecule has 1 aromatic carbocycles. The Bertz CT molecular complexity index is 657. The fourth-order valence-electron chi connectivity index (χ4n) is 1.84. The molecule has 6 heteroatoms. The van der Waals surface area contributed by atoms with Crippen LogP contribution in [-0.2, 0) is 10.2 Å². The van der Waals surface area contributed by atoms with Crippen LogP contribution in [0.1, 0.15) is 26.5 Å². The molecule has 1 amide bonds. The van der Waals surface area contributed by atoms with E-state index < -0.39 is 0 Å². The summed E-state index contributed by atoms with van der Waals surface area (Å²) in [6.07, 6.45) is 0. The molecule has 0 aliphatic heterocycles. The lowest BCUT2D eigenvalue weighted by Crippen LogP contribution is -2.14. The molecule has 2 rings (SSSR count). The maximum absolute atomic E-state index is 12.0. The van der Waals surface area contributed by atoms with E-state index in [9.17, 15) is 4.79 Å². The number of hydrogen-bond donors (Lipinski definition) is 1. The predicted octanol–water partition coefficient (Wildman–Crippen LogP) is 4.24. The minimum atomic E-state index is -0.0138. The van der Waals surface area contributed by atoms with E-state index in [4.69, 9.17) is 0 Å². The van der Waals surface area contributed by atoms with Crippen molar-refractivity contribution in [3.63, 3.8) is 0 Å². The maximum Gasteiger partial charge on any atom is 0.234 e. The summed E-state index contributed by atoms with van der Waals surface area (Å²) >= 11 is 3.08. The molecule has 0 bridgehead atoms. The number of hydrogen-bond acceptors (Lipinski definition) is 5. The highest BCUT2D eigenvalue weighted by Crippen LogP contribution is 2.29. The van der Waals surface area contributed by atoms with E-state index in [0.717, 1.165) is 21.4 Å². The van der Waals surface area contributed by atoms with Crippen LogP contribution in [0.15, 0.2) is 34.0 Å². The van der Waals surface area contributed by atoms with Gasteiger partial charge in [0.1, 0.15) is 0 Å². The lowest BCUT2D eigenvalue weighted by molar-refractivity contribution is -0.113. The summed E-state index contributed by atoms with van der Waals surface area (Å²) in [5, 5.41) is 4.98. The third-order valence-corrected chi connectivity index (χ3v) is 5.27. The molecule has 1 aromatic heterocycles. The monoisotopic (exact) mass is 349 g/mol. The van der Waals surface area contributed by atoms with Crippen LogP contribution in [0.2, 0.25) is 0 Å². The number of rotatable bonds is 5. The highest BCUT2D eigenvalue weighted by molar-refractivity contribution is 8.01. The van der Waals surface area contributed by atoms with Crippen molar-refractivity contribution in [1.82, 2.24) is 4.98 Å². The first kappa shape index (κ1) is 17.8. The normalized spacial score (nSPS) is 11.3. The van der Waals surface area contributed by atoms with Crippen LogP contribution in [0, 0.1) is 0 Å². The number of benzene rings is 1. The Kier molecular flexibility index (Phi) is 5.70. The summed E-state index contributed by atoms with van der Waals surface area (Å²) < 4.78 is 0.938. The molecule has 4 nitrogen and oxygen atoms in total. The minimum absolute atomic E-state index is 0.0138. The van der Waals surface area contributed by atoms with Crippen LogP contribution in [-0.4, -0.2) is 30.7 Å². The van der Waals surface area contributed by atoms with Gasteiger partial charge in [0.05, 0.1) is 11.4 Å². The lowest BCUT2D eigenvalue weighted by atomic mass is 9.93. The van der Waals surface area contributed by atoms with Crippen molar-refractivity contribution < 1.29 is 4.79 Å². The second kappa shape index (κ2) is 7.36. The van der Waals surface area contributed by atoms with Gasteiger partial charge in [0, 0.05) is 36.3 Å². The summed E-state index contributed by atoms with van der Waals surface area (Å²) in [4.78, 5) is 18.7. The molecule has 0 spiro atoms. The molecule has 0 aliphatic rings. The molecule has 23 heavy (non-hydrogen) atoms. The van der Waals surface area contributed by atoms with E-state index in [2.05, 4.69) is 36.5 Å². The van der Waals surface area contributed by atoms with Crippen LogP contribution in [0.4, 0.5) is 11.4 Å². The van der Waals surface area contributed by atoms with E-state index in [1.165, 1.54) is 11.8 Å². The Morgan fingerprint density at radius 1 is 1.26 bits per heavy atom. The Morgan fingerprint density at radius 2 is 1.91 bits per heavy atom. The number of carbonyl (C=O) groups excluding carboxylic acids is 1. The molecule has 0 saturated carbocycles. The van der Waals surface area contributed by atoms with E-state index in [1.54, 1.807) is 11.3 Å². The zero-order chi connectivity index (χ0) is 17.0. The molecule has 1 heterocycles. The van der Waals surface area contributed by atoms with Crippen molar-refractivity contribution in [3.05, 3.63) is 35.3 Å². The zero-order valence-corrected chi connectivity index (χ0v) is 15.8. The number of carbonyl (C=O) groups is 1. The molecule has 0 fully saturated rings. The second-order valence-electron chi connectivity index (χ2n) is 6.53. The first-order valence-electron chi connectivity index (χ1n) is 7.42. The highest BCUT2D eigenvalue weighted by atomic mass is 32.2. The van der Waals surface area contributed by atoms with Crippen molar-refractivity contribution in [1.29, 1.82) is 0 Å². The Balaban J connectivity index is 1.86. The number of thiazole rings is 1. The van der Waals surface area contributed by atoms with Gasteiger partial charge in [-0.1, -0.05) is 32.5 Å². The molecule has 0 atom stereocenters. The van der Waals surface area contributed by atoms with Crippen LogP contribution in [0.3, 0.4) is 0 Å². The molecule has 0 aliphatic carbocycles. The molecule has 124 valence electrons. The molecule has 0 unspecified atom stereocenters. The van der Waals surface area contributed by atoms with Crippen LogP contribution < -0.4 is 10.2 Å². The van der Waals surface area contributed by atoms with Gasteiger partial charge in [0.2, 0.25) is 5.91 Å². The Hall–Kier alpha value is -1.53. The molecule has 0 saturated heterocycles. The van der Waals surface area contributed by atoms with Gasteiger partial charge in [0.15, 0.2) is 4.34 Å². The fraction of sp³-hybridized carbons (Fsp3) is 0.412. The number of nitrogens with one attached hydrogen (secondary N) is 1. The number of anilines is 2. The third-order valence-electron chi connectivity index (χ3n) is 3.25. The molecule has 0 radical (unpaired) electrons. The molecular weight excluding hydrogens is 326 g/mol. The van der Waals surface area contributed by atoms with Crippen molar-refractivity contribution in [2.24, 2.45) is 0 Å². The number of amides is 1. The summed E-state index contributed by atoms with van der Waals surface area (Å²) in [6, 6.07) is 7.80. The van der Waals surface area contributed by atoms with Crippen molar-refractivity contribution >= 4 is 40.4 Å². The predicted molar refractivity (Wildman–Crippen MR) is 101 cm³/mol. The number of thioether (sulfide) groups is 1. The van der Waals surface area contributed by atoms with E-state index in [-0.39, 0.29) is 11.3 Å². The summed E-state index contributed by atoms with van der Waals surface area (Å²) in [7, 11) is 3.98. The van der Waals surface area contributed by atoms with Crippen molar-refractivity contribution in [2.45, 2.75) is 30.5 Å². The van der Waals surface area contributed by atoms with Gasteiger partial charge in [0.25, 0.3) is 0 Å². The third kappa shape index (κ3) is 5.25. The van der Waals surface area contributed by atoms with Crippen molar-refractivity contribution in [2.75, 3.05) is 30.1 Å². The standard InChI is InChI=1S/C17H23N3OS2/c1-17(2,3)14-10-22-16(19-14)23-11-15(21)18-12-6-8-13(9-7-12)20(4)5/h6-10H,11H2,1-5H3,(H,18,21). The first-order chi connectivity index (χ1) is 10.8. The van der Waals surface area contributed by atoms with E-state index >= 15 is 0 Å². The molecule has 1 N–H and O–H groups in total. The van der Waals surface area contributed by atoms with Gasteiger partial charge in [-0.15, -0.1) is 11.3 Å². The smallest absolute Gasteiger partial charge is 0.234 e. The van der Waals surface area contributed by atoms with Gasteiger partial charge in [-0.05, 0) is 24.3 Å². The topological polar surface area (TPSA) is 45.2 Å². The second-order valence-corrected chi connectivity index (χ2v) is 8.61. The largest absolute Gasteiger partial charge is 0.378 e. The van der Waals surface area contributed by atoms with Crippen LogP contribution in [0.5, 0.6) is 0 Å². The van der Waals surface area contributed by atoms with Gasteiger partial charge >= 0.3 is 0 Å². The average molecular weight is 350 g/mol. The Morgan fingerprint density at radius 3 is 2.43 bits per heavy atom. The first-order valence-corrected chi connectivity index (χ1v) is 9.28. The summed E-state index contributed by atoms with van der Waals surface area (Å²) in [5.74, 6) is 0.354. The average Bonchev–Trinajstić information content (AvgIpc) is 2.95. The fourth-order valence-corrected chi connectivity index (χ4v) is 3.69. The highest BCUT2D eigenvalue weighted by Gasteiger charge is 2.17. The van der Waals surface area contributed by atoms with Gasteiger partial charge < -0.3 is 10.2 Å². The quantitative estimate of drug-likeness (QED) is 0.820. The summed E-state index contributed by atoms with van der Waals surface area (Å²) in [6.45, 7) is 6.42. The minimum Gasteiger partial charge on any atom is -0.378 e. The van der Waals surface area contributed by atoms with Crippen LogP contribution in [0.25, 0.3) is 0 Å². The van der Waals surface area contributed by atoms with E-state index in [0.29, 0.717) is 5.75 Å². The van der Waals surface area contributed by atoms with Gasteiger partial charge in [-0.25, -0.2) is 4.98 Å². The number of aromatic nitrogens is 1. The molecular formula is C17H23N3OS2. The van der Waals surface area contributed by atoms with Crippen molar-refractivity contribution in [3.8, 4) is 0 Å². The number of nitrogens with zero attached hydrogens (tertiary/aromatic N) is 2. The van der Waals surface area contributed by atoms with Crippen LogP contribution >= 0.6 is 23.1 Å². The lowest BCUT2D eigenvalue weighted by Gasteiger charge is -2.14. The summed E-state index contributed by atoms with van der Waals surface area (Å²) in [5.41, 5.74) is 3.04. The Labute approximate surface area is 146 Å².